The molecule has 5 nitrogen and oxygen atoms in total. The van der Waals surface area contributed by atoms with Gasteiger partial charge >= 0.3 is 6.09 Å². The monoisotopic (exact) mass is 265 g/mol. The summed E-state index contributed by atoms with van der Waals surface area (Å²) in [4.78, 5) is 11.8. The Morgan fingerprint density at radius 1 is 1.42 bits per heavy atom. The minimum absolute atomic E-state index is 0.150. The molecule has 0 unspecified atom stereocenters. The fourth-order valence-electron chi connectivity index (χ4n) is 1.96. The molecule has 2 N–H and O–H groups in total. The van der Waals surface area contributed by atoms with E-state index in [0.717, 1.165) is 5.56 Å². The average molecular weight is 265 g/mol. The van der Waals surface area contributed by atoms with Gasteiger partial charge in [-0.3, -0.25) is 0 Å². The number of alkyl carbamates (subject to hydrolysis) is 1. The van der Waals surface area contributed by atoms with Crippen LogP contribution in [0.2, 0.25) is 0 Å². The number of benzene rings is 1. The highest BCUT2D eigenvalue weighted by Crippen LogP contribution is 2.31. The van der Waals surface area contributed by atoms with Crippen LogP contribution < -0.4 is 10.1 Å². The number of nitrogens with one attached hydrogen (secondary N) is 1. The maximum Gasteiger partial charge on any atom is 0.408 e. The zero-order valence-corrected chi connectivity index (χ0v) is 11.3. The Balaban J connectivity index is 2.13. The number of aliphatic hydroxyl groups excluding tert-OH is 1. The van der Waals surface area contributed by atoms with Crippen molar-refractivity contribution >= 4 is 6.09 Å². The van der Waals surface area contributed by atoms with Crippen LogP contribution in [0, 0.1) is 0 Å². The highest BCUT2D eigenvalue weighted by atomic mass is 16.6. The van der Waals surface area contributed by atoms with E-state index in [1.165, 1.54) is 0 Å². The Morgan fingerprint density at radius 3 is 2.79 bits per heavy atom. The third-order valence-electron chi connectivity index (χ3n) is 2.72. The van der Waals surface area contributed by atoms with Crippen molar-refractivity contribution in [2.45, 2.75) is 38.5 Å². The van der Waals surface area contributed by atoms with E-state index in [1.54, 1.807) is 20.8 Å². The number of hydrogen-bond donors (Lipinski definition) is 2. The highest BCUT2D eigenvalue weighted by Gasteiger charge is 2.31. The molecule has 19 heavy (non-hydrogen) atoms. The molecule has 0 radical (unpaired) electrons. The third kappa shape index (κ3) is 3.38. The van der Waals surface area contributed by atoms with Gasteiger partial charge in [-0.25, -0.2) is 4.79 Å². The van der Waals surface area contributed by atoms with Crippen LogP contribution in [0.15, 0.2) is 24.3 Å². The molecule has 0 saturated heterocycles. The SMILES string of the molecule is CC(C)(C)OC(=O)N[C@H]1c2ccccc2OC[C@H]1O. The van der Waals surface area contributed by atoms with Gasteiger partial charge in [-0.1, -0.05) is 18.2 Å². The van der Waals surface area contributed by atoms with Gasteiger partial charge < -0.3 is 19.9 Å². The minimum Gasteiger partial charge on any atom is -0.490 e. The van der Waals surface area contributed by atoms with Crippen LogP contribution in [0.5, 0.6) is 5.75 Å². The number of para-hydroxylation sites is 1. The lowest BCUT2D eigenvalue weighted by Gasteiger charge is -2.31. The van der Waals surface area contributed by atoms with Gasteiger partial charge in [0.15, 0.2) is 0 Å². The lowest BCUT2D eigenvalue weighted by atomic mass is 9.98. The van der Waals surface area contributed by atoms with Gasteiger partial charge in [0.25, 0.3) is 0 Å². The van der Waals surface area contributed by atoms with E-state index in [2.05, 4.69) is 5.32 Å². The van der Waals surface area contributed by atoms with E-state index in [1.807, 2.05) is 24.3 Å². The molecule has 2 atom stereocenters. The molecule has 104 valence electrons. The predicted molar refractivity (Wildman–Crippen MR) is 70.1 cm³/mol. The molecule has 0 spiro atoms. The van der Waals surface area contributed by atoms with Gasteiger partial charge in [0.1, 0.15) is 24.1 Å². The third-order valence-corrected chi connectivity index (χ3v) is 2.72. The molecule has 1 heterocycles. The average Bonchev–Trinajstić information content (AvgIpc) is 2.31. The fraction of sp³-hybridized carbons (Fsp3) is 0.500. The Hall–Kier alpha value is -1.75. The van der Waals surface area contributed by atoms with Crippen LogP contribution in [0.25, 0.3) is 0 Å². The van der Waals surface area contributed by atoms with E-state index in [0.29, 0.717) is 5.75 Å². The van der Waals surface area contributed by atoms with E-state index in [9.17, 15) is 9.90 Å². The second-order valence-corrected chi connectivity index (χ2v) is 5.54. The maximum absolute atomic E-state index is 11.8. The molecule has 1 aromatic rings. The van der Waals surface area contributed by atoms with E-state index >= 15 is 0 Å². The molecule has 0 fully saturated rings. The van der Waals surface area contributed by atoms with Gasteiger partial charge in [-0.2, -0.15) is 0 Å². The number of rotatable bonds is 1. The lowest BCUT2D eigenvalue weighted by molar-refractivity contribution is 0.0276. The number of aliphatic hydroxyl groups is 1. The molecule has 2 rings (SSSR count). The molecular weight excluding hydrogens is 246 g/mol. The molecular formula is C14H19NO4. The fourth-order valence-corrected chi connectivity index (χ4v) is 1.96. The first-order chi connectivity index (χ1) is 8.87. The zero-order chi connectivity index (χ0) is 14.0. The normalized spacial score (nSPS) is 22.1. The number of carbonyl (C=O) groups is 1. The summed E-state index contributed by atoms with van der Waals surface area (Å²) in [5.74, 6) is 0.675. The molecule has 0 bridgehead atoms. The van der Waals surface area contributed by atoms with Gasteiger partial charge in [0.05, 0.1) is 6.04 Å². The molecule has 1 aromatic carbocycles. The predicted octanol–water partition coefficient (Wildman–Crippen LogP) is 2.01. The summed E-state index contributed by atoms with van der Waals surface area (Å²) >= 11 is 0. The number of hydrogen-bond acceptors (Lipinski definition) is 4. The molecule has 0 aliphatic carbocycles. The number of carbonyl (C=O) groups excluding carboxylic acids is 1. The summed E-state index contributed by atoms with van der Waals surface area (Å²) in [6, 6.07) is 6.80. The maximum atomic E-state index is 11.8. The standard InChI is InChI=1S/C14H19NO4/c1-14(2,3)19-13(17)15-12-9-6-4-5-7-11(9)18-8-10(12)16/h4-7,10,12,16H,8H2,1-3H3,(H,15,17)/t10-,12+/m1/s1. The largest absolute Gasteiger partial charge is 0.490 e. The molecule has 1 aliphatic heterocycles. The van der Waals surface area contributed by atoms with Crippen molar-refractivity contribution in [3.63, 3.8) is 0 Å². The summed E-state index contributed by atoms with van der Waals surface area (Å²) < 4.78 is 10.6. The van der Waals surface area contributed by atoms with Crippen molar-refractivity contribution in [3.05, 3.63) is 29.8 Å². The highest BCUT2D eigenvalue weighted by molar-refractivity contribution is 5.69. The first-order valence-electron chi connectivity index (χ1n) is 6.26. The molecule has 5 heteroatoms. The van der Waals surface area contributed by atoms with Crippen LogP contribution in [-0.2, 0) is 4.74 Å². The summed E-state index contributed by atoms with van der Waals surface area (Å²) in [5.41, 5.74) is 0.187. The summed E-state index contributed by atoms with van der Waals surface area (Å²) in [6.45, 7) is 5.53. The minimum atomic E-state index is -0.789. The van der Waals surface area contributed by atoms with Crippen molar-refractivity contribution in [1.29, 1.82) is 0 Å². The van der Waals surface area contributed by atoms with E-state index in [-0.39, 0.29) is 6.61 Å². The van der Waals surface area contributed by atoms with Crippen molar-refractivity contribution in [2.75, 3.05) is 6.61 Å². The Bertz CT molecular complexity index is 467. The van der Waals surface area contributed by atoms with E-state index in [4.69, 9.17) is 9.47 Å². The first-order valence-corrected chi connectivity index (χ1v) is 6.26. The molecule has 1 aliphatic rings. The smallest absolute Gasteiger partial charge is 0.408 e. The van der Waals surface area contributed by atoms with Crippen LogP contribution >= 0.6 is 0 Å². The van der Waals surface area contributed by atoms with Crippen LogP contribution in [0.4, 0.5) is 4.79 Å². The summed E-state index contributed by atoms with van der Waals surface area (Å²) in [5, 5.41) is 12.7. The summed E-state index contributed by atoms with van der Waals surface area (Å²) in [6.07, 6.45) is -1.34. The van der Waals surface area contributed by atoms with Gasteiger partial charge in [-0.15, -0.1) is 0 Å². The molecule has 0 saturated carbocycles. The summed E-state index contributed by atoms with van der Waals surface area (Å²) in [7, 11) is 0. The first kappa shape index (κ1) is 13.7. The van der Waals surface area contributed by atoms with Crippen molar-refractivity contribution in [1.82, 2.24) is 5.32 Å². The van der Waals surface area contributed by atoms with E-state index < -0.39 is 23.8 Å². The second kappa shape index (κ2) is 5.09. The number of fused-ring (bicyclic) bond motifs is 1. The quantitative estimate of drug-likeness (QED) is 0.815. The van der Waals surface area contributed by atoms with Crippen LogP contribution in [0.3, 0.4) is 0 Å². The van der Waals surface area contributed by atoms with Crippen molar-refractivity contribution in [2.24, 2.45) is 0 Å². The number of ether oxygens (including phenoxy) is 2. The van der Waals surface area contributed by atoms with Gasteiger partial charge in [0, 0.05) is 5.56 Å². The van der Waals surface area contributed by atoms with Crippen LogP contribution in [0.1, 0.15) is 32.4 Å². The topological polar surface area (TPSA) is 67.8 Å². The van der Waals surface area contributed by atoms with Gasteiger partial charge in [0.2, 0.25) is 0 Å². The number of amides is 1. The Labute approximate surface area is 112 Å². The van der Waals surface area contributed by atoms with Crippen LogP contribution in [-0.4, -0.2) is 29.5 Å². The zero-order valence-electron chi connectivity index (χ0n) is 11.3. The molecule has 1 amide bonds. The van der Waals surface area contributed by atoms with Crippen molar-refractivity contribution in [3.8, 4) is 5.75 Å². The second-order valence-electron chi connectivity index (χ2n) is 5.54. The Morgan fingerprint density at radius 2 is 2.11 bits per heavy atom. The Kier molecular flexibility index (Phi) is 3.66. The lowest BCUT2D eigenvalue weighted by Crippen LogP contribution is -2.43. The van der Waals surface area contributed by atoms with Gasteiger partial charge in [-0.05, 0) is 26.8 Å². The molecule has 0 aromatic heterocycles. The van der Waals surface area contributed by atoms with Crippen molar-refractivity contribution < 1.29 is 19.4 Å².